The molecule has 128 valence electrons. The largest absolute Gasteiger partial charge is 0.440 e. The van der Waals surface area contributed by atoms with Gasteiger partial charge in [0.05, 0.1) is 0 Å². The van der Waals surface area contributed by atoms with Crippen LogP contribution in [0.15, 0.2) is 22.6 Å². The van der Waals surface area contributed by atoms with E-state index in [0.717, 1.165) is 55.8 Å². The van der Waals surface area contributed by atoms with Gasteiger partial charge in [0.1, 0.15) is 5.52 Å². The molecule has 1 N–H and O–H groups in total. The maximum Gasteiger partial charge on any atom is 0.251 e. The number of hydrogen-bond donors (Lipinski definition) is 1. The molecule has 5 heteroatoms. The van der Waals surface area contributed by atoms with Crippen LogP contribution >= 0.6 is 0 Å². The molecule has 1 amide bonds. The lowest BCUT2D eigenvalue weighted by Gasteiger charge is -2.26. The van der Waals surface area contributed by atoms with Crippen LogP contribution in [0.3, 0.4) is 0 Å². The number of aromatic nitrogens is 1. The van der Waals surface area contributed by atoms with Crippen LogP contribution in [0.25, 0.3) is 11.1 Å². The van der Waals surface area contributed by atoms with Crippen molar-refractivity contribution in [1.29, 1.82) is 0 Å². The first kappa shape index (κ1) is 15.6. The summed E-state index contributed by atoms with van der Waals surface area (Å²) in [7, 11) is 2.15. The number of likely N-dealkylation sites (tertiary alicyclic amines) is 1. The molecule has 2 aromatic rings. The highest BCUT2D eigenvalue weighted by molar-refractivity contribution is 5.97. The predicted octanol–water partition coefficient (Wildman–Crippen LogP) is 3.31. The fourth-order valence-corrected chi connectivity index (χ4v) is 3.86. The Balaban J connectivity index is 1.51. The van der Waals surface area contributed by atoms with Crippen molar-refractivity contribution in [1.82, 2.24) is 15.2 Å². The van der Waals surface area contributed by atoms with Gasteiger partial charge in [-0.3, -0.25) is 4.79 Å². The summed E-state index contributed by atoms with van der Waals surface area (Å²) in [5.74, 6) is 1.23. The zero-order valence-corrected chi connectivity index (χ0v) is 14.3. The molecular formula is C19H25N3O2. The Bertz CT molecular complexity index is 725. The molecule has 1 aliphatic carbocycles. The number of carbonyl (C=O) groups is 1. The van der Waals surface area contributed by atoms with E-state index in [0.29, 0.717) is 17.5 Å². The summed E-state index contributed by atoms with van der Waals surface area (Å²) in [5, 5.41) is 3.13. The quantitative estimate of drug-likeness (QED) is 0.939. The predicted molar refractivity (Wildman–Crippen MR) is 93.2 cm³/mol. The Hall–Kier alpha value is -1.88. The molecule has 0 atom stereocenters. The number of rotatable bonds is 3. The average molecular weight is 327 g/mol. The number of nitrogens with one attached hydrogen (secondary N) is 1. The third-order valence-corrected chi connectivity index (χ3v) is 5.42. The Morgan fingerprint density at radius 3 is 2.71 bits per heavy atom. The first-order valence-electron chi connectivity index (χ1n) is 9.09. The summed E-state index contributed by atoms with van der Waals surface area (Å²) in [6.07, 6.45) is 6.79. The Morgan fingerprint density at radius 1 is 1.21 bits per heavy atom. The lowest BCUT2D eigenvalue weighted by atomic mass is 9.97. The van der Waals surface area contributed by atoms with Crippen molar-refractivity contribution < 1.29 is 9.21 Å². The lowest BCUT2D eigenvalue weighted by Crippen LogP contribution is -2.32. The molecule has 0 radical (unpaired) electrons. The van der Waals surface area contributed by atoms with Crippen LogP contribution in [0.2, 0.25) is 0 Å². The number of amides is 1. The van der Waals surface area contributed by atoms with Crippen LogP contribution < -0.4 is 5.32 Å². The van der Waals surface area contributed by atoms with E-state index < -0.39 is 0 Å². The van der Waals surface area contributed by atoms with E-state index in [1.807, 2.05) is 18.2 Å². The molecule has 4 rings (SSSR count). The minimum Gasteiger partial charge on any atom is -0.440 e. The number of oxazole rings is 1. The fraction of sp³-hybridized carbons (Fsp3) is 0.579. The maximum absolute atomic E-state index is 12.4. The van der Waals surface area contributed by atoms with Gasteiger partial charge in [-0.05, 0) is 64.0 Å². The van der Waals surface area contributed by atoms with Gasteiger partial charge >= 0.3 is 0 Å². The van der Waals surface area contributed by atoms with Crippen LogP contribution in [0.5, 0.6) is 0 Å². The first-order valence-corrected chi connectivity index (χ1v) is 9.09. The van der Waals surface area contributed by atoms with Crippen molar-refractivity contribution in [3.63, 3.8) is 0 Å². The number of piperidine rings is 1. The Morgan fingerprint density at radius 2 is 1.96 bits per heavy atom. The van der Waals surface area contributed by atoms with Crippen LogP contribution in [-0.4, -0.2) is 42.0 Å². The molecule has 1 saturated carbocycles. The minimum atomic E-state index is 0.00708. The number of hydrogen-bond acceptors (Lipinski definition) is 4. The Kier molecular flexibility index (Phi) is 4.27. The highest BCUT2D eigenvalue weighted by Crippen LogP contribution is 2.30. The maximum atomic E-state index is 12.4. The van der Waals surface area contributed by atoms with Crippen LogP contribution in [0.4, 0.5) is 0 Å². The van der Waals surface area contributed by atoms with Crippen molar-refractivity contribution >= 4 is 17.0 Å². The van der Waals surface area contributed by atoms with E-state index in [9.17, 15) is 4.79 Å². The summed E-state index contributed by atoms with van der Waals surface area (Å²) in [5.41, 5.74) is 2.25. The second kappa shape index (κ2) is 6.55. The molecule has 0 bridgehead atoms. The summed E-state index contributed by atoms with van der Waals surface area (Å²) < 4.78 is 5.95. The van der Waals surface area contributed by atoms with Gasteiger partial charge in [-0.2, -0.15) is 0 Å². The van der Waals surface area contributed by atoms with Crippen LogP contribution in [0.1, 0.15) is 60.7 Å². The normalized spacial score (nSPS) is 20.7. The number of fused-ring (bicyclic) bond motifs is 1. The molecule has 0 unspecified atom stereocenters. The van der Waals surface area contributed by atoms with E-state index in [2.05, 4.69) is 22.2 Å². The van der Waals surface area contributed by atoms with Gasteiger partial charge in [-0.1, -0.05) is 12.8 Å². The molecule has 1 aromatic carbocycles. The zero-order chi connectivity index (χ0) is 16.5. The van der Waals surface area contributed by atoms with Gasteiger partial charge in [0, 0.05) is 17.5 Å². The summed E-state index contributed by atoms with van der Waals surface area (Å²) in [6, 6.07) is 5.92. The van der Waals surface area contributed by atoms with E-state index >= 15 is 0 Å². The lowest BCUT2D eigenvalue weighted by molar-refractivity contribution is 0.0938. The molecule has 2 aliphatic rings. The zero-order valence-electron chi connectivity index (χ0n) is 14.3. The molecule has 1 aromatic heterocycles. The molecule has 0 spiro atoms. The summed E-state index contributed by atoms with van der Waals surface area (Å²) in [4.78, 5) is 19.4. The highest BCUT2D eigenvalue weighted by atomic mass is 16.3. The summed E-state index contributed by atoms with van der Waals surface area (Å²) in [6.45, 7) is 2.16. The Labute approximate surface area is 142 Å². The smallest absolute Gasteiger partial charge is 0.251 e. The van der Waals surface area contributed by atoms with E-state index in [4.69, 9.17) is 4.42 Å². The van der Waals surface area contributed by atoms with Crippen LogP contribution in [0, 0.1) is 0 Å². The number of carbonyl (C=O) groups excluding carboxylic acids is 1. The number of nitrogens with zero attached hydrogens (tertiary/aromatic N) is 2. The molecule has 2 fully saturated rings. The van der Waals surface area contributed by atoms with E-state index in [1.54, 1.807) is 0 Å². The molecule has 1 saturated heterocycles. The standard InChI is InChI=1S/C19H25N3O2/c1-22-10-8-13(9-11-22)19-21-16-12-14(6-7-17(16)24-19)18(23)20-15-4-2-3-5-15/h6-7,12-13,15H,2-5,8-11H2,1H3,(H,20,23). The van der Waals surface area contributed by atoms with Crippen molar-refractivity contribution in [3.05, 3.63) is 29.7 Å². The molecular weight excluding hydrogens is 302 g/mol. The third-order valence-electron chi connectivity index (χ3n) is 5.42. The topological polar surface area (TPSA) is 58.4 Å². The molecule has 1 aliphatic heterocycles. The van der Waals surface area contributed by atoms with Crippen molar-refractivity contribution in [2.45, 2.75) is 50.5 Å². The van der Waals surface area contributed by atoms with Crippen molar-refractivity contribution in [2.75, 3.05) is 20.1 Å². The van der Waals surface area contributed by atoms with Gasteiger partial charge in [-0.25, -0.2) is 4.98 Å². The minimum absolute atomic E-state index is 0.00708. The van der Waals surface area contributed by atoms with Crippen LogP contribution in [-0.2, 0) is 0 Å². The fourth-order valence-electron chi connectivity index (χ4n) is 3.86. The highest BCUT2D eigenvalue weighted by Gasteiger charge is 2.24. The molecule has 5 nitrogen and oxygen atoms in total. The SMILES string of the molecule is CN1CCC(c2nc3cc(C(=O)NC4CCCC4)ccc3o2)CC1. The van der Waals surface area contributed by atoms with Gasteiger partial charge in [0.15, 0.2) is 11.5 Å². The third kappa shape index (κ3) is 3.18. The first-order chi connectivity index (χ1) is 11.7. The van der Waals surface area contributed by atoms with E-state index in [-0.39, 0.29) is 5.91 Å². The summed E-state index contributed by atoms with van der Waals surface area (Å²) >= 11 is 0. The van der Waals surface area contributed by atoms with Gasteiger partial charge < -0.3 is 14.6 Å². The second-order valence-corrected chi connectivity index (χ2v) is 7.27. The number of benzene rings is 1. The molecule has 2 heterocycles. The molecule has 24 heavy (non-hydrogen) atoms. The van der Waals surface area contributed by atoms with Gasteiger partial charge in [-0.15, -0.1) is 0 Å². The van der Waals surface area contributed by atoms with E-state index in [1.165, 1.54) is 12.8 Å². The van der Waals surface area contributed by atoms with Crippen molar-refractivity contribution in [3.8, 4) is 0 Å². The second-order valence-electron chi connectivity index (χ2n) is 7.27. The van der Waals surface area contributed by atoms with Gasteiger partial charge in [0.25, 0.3) is 5.91 Å². The van der Waals surface area contributed by atoms with Gasteiger partial charge in [0.2, 0.25) is 0 Å². The monoisotopic (exact) mass is 327 g/mol. The van der Waals surface area contributed by atoms with Crippen molar-refractivity contribution in [2.24, 2.45) is 0 Å². The average Bonchev–Trinajstić information content (AvgIpc) is 3.23.